The van der Waals surface area contributed by atoms with E-state index in [0.29, 0.717) is 12.8 Å². The molecule has 0 saturated heterocycles. The standard InChI is InChI=1S/C16H18O2/c17-15-10-6-12-16(18,13-15)11-5-4-9-14-7-2-1-3-8-14/h1-5,7-9,11,18H,6,10,12-13H2/b9-4+,11-5+/t16-/m1/s1. The molecule has 1 saturated carbocycles. The lowest BCUT2D eigenvalue weighted by Crippen LogP contribution is -2.33. The molecule has 0 radical (unpaired) electrons. The van der Waals surface area contributed by atoms with Gasteiger partial charge in [0.15, 0.2) is 0 Å². The molecule has 2 heteroatoms. The SMILES string of the molecule is O=C1CCC[C@](O)(/C=C/C=C/c2ccccc2)C1. The summed E-state index contributed by atoms with van der Waals surface area (Å²) in [5.74, 6) is 0.153. The first-order chi connectivity index (χ1) is 8.68. The molecule has 0 aromatic heterocycles. The van der Waals surface area contributed by atoms with Gasteiger partial charge >= 0.3 is 0 Å². The number of rotatable bonds is 3. The lowest BCUT2D eigenvalue weighted by atomic mass is 9.84. The fourth-order valence-electron chi connectivity index (χ4n) is 2.22. The van der Waals surface area contributed by atoms with Gasteiger partial charge in [-0.3, -0.25) is 4.79 Å². The van der Waals surface area contributed by atoms with Gasteiger partial charge in [-0.15, -0.1) is 0 Å². The molecule has 94 valence electrons. The summed E-state index contributed by atoms with van der Waals surface area (Å²) in [6, 6.07) is 9.98. The van der Waals surface area contributed by atoms with Crippen LogP contribution in [0.15, 0.2) is 48.6 Å². The summed E-state index contributed by atoms with van der Waals surface area (Å²) < 4.78 is 0. The molecular weight excluding hydrogens is 224 g/mol. The first-order valence-corrected chi connectivity index (χ1v) is 6.33. The lowest BCUT2D eigenvalue weighted by molar-refractivity contribution is -0.125. The van der Waals surface area contributed by atoms with Gasteiger partial charge in [-0.05, 0) is 18.4 Å². The van der Waals surface area contributed by atoms with Crippen LogP contribution in [-0.2, 0) is 4.79 Å². The van der Waals surface area contributed by atoms with Crippen molar-refractivity contribution in [3.05, 3.63) is 54.1 Å². The normalized spacial score (nSPS) is 25.1. The van der Waals surface area contributed by atoms with Crippen LogP contribution in [0.25, 0.3) is 6.08 Å². The Balaban J connectivity index is 1.95. The third-order valence-corrected chi connectivity index (χ3v) is 3.17. The highest BCUT2D eigenvalue weighted by molar-refractivity contribution is 5.80. The van der Waals surface area contributed by atoms with E-state index in [-0.39, 0.29) is 12.2 Å². The summed E-state index contributed by atoms with van der Waals surface area (Å²) >= 11 is 0. The zero-order valence-electron chi connectivity index (χ0n) is 10.4. The van der Waals surface area contributed by atoms with Crippen LogP contribution in [0.4, 0.5) is 0 Å². The molecule has 1 N–H and O–H groups in total. The van der Waals surface area contributed by atoms with Crippen LogP contribution in [0.1, 0.15) is 31.2 Å². The average molecular weight is 242 g/mol. The fraction of sp³-hybridized carbons (Fsp3) is 0.312. The smallest absolute Gasteiger partial charge is 0.136 e. The Labute approximate surface area is 108 Å². The number of aliphatic hydroxyl groups is 1. The number of carbonyl (C=O) groups excluding carboxylic acids is 1. The number of Topliss-reactive ketones (excluding diaryl/α,β-unsaturated/α-hetero) is 1. The van der Waals surface area contributed by atoms with Crippen LogP contribution in [0.3, 0.4) is 0 Å². The van der Waals surface area contributed by atoms with Crippen LogP contribution >= 0.6 is 0 Å². The summed E-state index contributed by atoms with van der Waals surface area (Å²) in [5, 5.41) is 10.2. The van der Waals surface area contributed by atoms with Gasteiger partial charge in [-0.2, -0.15) is 0 Å². The molecule has 1 atom stereocenters. The molecule has 18 heavy (non-hydrogen) atoms. The Hall–Kier alpha value is -1.67. The summed E-state index contributed by atoms with van der Waals surface area (Å²) in [6.07, 6.45) is 9.75. The van der Waals surface area contributed by atoms with E-state index in [9.17, 15) is 9.90 Å². The molecule has 1 fully saturated rings. The van der Waals surface area contributed by atoms with Gasteiger partial charge in [0.25, 0.3) is 0 Å². The Morgan fingerprint density at radius 2 is 1.94 bits per heavy atom. The third kappa shape index (κ3) is 3.67. The van der Waals surface area contributed by atoms with Crippen molar-refractivity contribution < 1.29 is 9.90 Å². The number of allylic oxidation sites excluding steroid dienone is 2. The van der Waals surface area contributed by atoms with Crippen molar-refractivity contribution in [2.45, 2.75) is 31.3 Å². The molecule has 0 aliphatic heterocycles. The minimum atomic E-state index is -0.934. The fourth-order valence-corrected chi connectivity index (χ4v) is 2.22. The van der Waals surface area contributed by atoms with Crippen molar-refractivity contribution in [3.63, 3.8) is 0 Å². The molecule has 2 nitrogen and oxygen atoms in total. The first kappa shape index (κ1) is 12.8. The van der Waals surface area contributed by atoms with Crippen molar-refractivity contribution in [1.82, 2.24) is 0 Å². The van der Waals surface area contributed by atoms with E-state index in [4.69, 9.17) is 0 Å². The van der Waals surface area contributed by atoms with Crippen LogP contribution in [0.5, 0.6) is 0 Å². The minimum absolute atomic E-state index is 0.153. The highest BCUT2D eigenvalue weighted by atomic mass is 16.3. The molecule has 0 spiro atoms. The topological polar surface area (TPSA) is 37.3 Å². The summed E-state index contributed by atoms with van der Waals surface area (Å²) in [5.41, 5.74) is 0.185. The van der Waals surface area contributed by atoms with Gasteiger partial charge in [0, 0.05) is 12.8 Å². The molecule has 0 heterocycles. The third-order valence-electron chi connectivity index (χ3n) is 3.17. The van der Waals surface area contributed by atoms with Crippen LogP contribution < -0.4 is 0 Å². The Bertz CT molecular complexity index is 459. The molecular formula is C16H18O2. The van der Waals surface area contributed by atoms with E-state index < -0.39 is 5.60 Å². The maximum Gasteiger partial charge on any atom is 0.136 e. The number of ketones is 1. The highest BCUT2D eigenvalue weighted by Crippen LogP contribution is 2.27. The minimum Gasteiger partial charge on any atom is -0.385 e. The molecule has 2 rings (SSSR count). The maximum atomic E-state index is 11.3. The second-order valence-electron chi connectivity index (χ2n) is 4.80. The summed E-state index contributed by atoms with van der Waals surface area (Å²) in [6.45, 7) is 0. The van der Waals surface area contributed by atoms with Crippen molar-refractivity contribution in [2.75, 3.05) is 0 Å². The van der Waals surface area contributed by atoms with Crippen molar-refractivity contribution in [2.24, 2.45) is 0 Å². The van der Waals surface area contributed by atoms with Crippen molar-refractivity contribution in [3.8, 4) is 0 Å². The molecule has 1 aliphatic carbocycles. The molecule has 1 aromatic carbocycles. The van der Waals surface area contributed by atoms with Crippen LogP contribution in [-0.4, -0.2) is 16.5 Å². The largest absolute Gasteiger partial charge is 0.385 e. The second-order valence-corrected chi connectivity index (χ2v) is 4.80. The van der Waals surface area contributed by atoms with Gasteiger partial charge in [0.1, 0.15) is 5.78 Å². The summed E-state index contributed by atoms with van der Waals surface area (Å²) in [7, 11) is 0. The number of carbonyl (C=O) groups is 1. The molecule has 1 aromatic rings. The predicted molar refractivity (Wildman–Crippen MR) is 73.0 cm³/mol. The Morgan fingerprint density at radius 1 is 1.17 bits per heavy atom. The second kappa shape index (κ2) is 5.78. The van der Waals surface area contributed by atoms with Crippen molar-refractivity contribution >= 4 is 11.9 Å². The molecule has 0 bridgehead atoms. The van der Waals surface area contributed by atoms with Gasteiger partial charge in [0.2, 0.25) is 0 Å². The zero-order valence-corrected chi connectivity index (χ0v) is 10.4. The van der Waals surface area contributed by atoms with Crippen LogP contribution in [0.2, 0.25) is 0 Å². The van der Waals surface area contributed by atoms with Gasteiger partial charge in [0.05, 0.1) is 5.60 Å². The van der Waals surface area contributed by atoms with E-state index in [0.717, 1.165) is 12.0 Å². The Kier molecular flexibility index (Phi) is 4.11. The maximum absolute atomic E-state index is 11.3. The quantitative estimate of drug-likeness (QED) is 0.827. The van der Waals surface area contributed by atoms with Gasteiger partial charge in [-0.1, -0.05) is 54.6 Å². The molecule has 0 amide bonds. The van der Waals surface area contributed by atoms with E-state index in [1.165, 1.54) is 0 Å². The Morgan fingerprint density at radius 3 is 2.67 bits per heavy atom. The highest BCUT2D eigenvalue weighted by Gasteiger charge is 2.30. The van der Waals surface area contributed by atoms with Gasteiger partial charge < -0.3 is 5.11 Å². The zero-order chi connectivity index (χ0) is 12.8. The lowest BCUT2D eigenvalue weighted by Gasteiger charge is -2.27. The van der Waals surface area contributed by atoms with E-state index >= 15 is 0 Å². The number of hydrogen-bond acceptors (Lipinski definition) is 2. The van der Waals surface area contributed by atoms with Crippen molar-refractivity contribution in [1.29, 1.82) is 0 Å². The van der Waals surface area contributed by atoms with E-state index in [1.54, 1.807) is 6.08 Å². The number of benzene rings is 1. The molecule has 0 unspecified atom stereocenters. The predicted octanol–water partition coefficient (Wildman–Crippen LogP) is 3.13. The van der Waals surface area contributed by atoms with Crippen LogP contribution in [0, 0.1) is 0 Å². The van der Waals surface area contributed by atoms with Gasteiger partial charge in [-0.25, -0.2) is 0 Å². The number of hydrogen-bond donors (Lipinski definition) is 1. The van der Waals surface area contributed by atoms with E-state index in [1.807, 2.05) is 48.6 Å². The first-order valence-electron chi connectivity index (χ1n) is 6.33. The van der Waals surface area contributed by atoms with E-state index in [2.05, 4.69) is 0 Å². The summed E-state index contributed by atoms with van der Waals surface area (Å²) in [4.78, 5) is 11.3. The molecule has 1 aliphatic rings. The average Bonchev–Trinajstić information content (AvgIpc) is 2.36. The monoisotopic (exact) mass is 242 g/mol.